The number of rotatable bonds is 5. The van der Waals surface area contributed by atoms with E-state index >= 15 is 0 Å². The smallest absolute Gasteiger partial charge is 0.0503 e. The van der Waals surface area contributed by atoms with Gasteiger partial charge in [0.2, 0.25) is 0 Å². The van der Waals surface area contributed by atoms with Crippen molar-refractivity contribution in [3.05, 3.63) is 84.9 Å². The summed E-state index contributed by atoms with van der Waals surface area (Å²) in [7, 11) is 3.88. The second kappa shape index (κ2) is 8.21. The van der Waals surface area contributed by atoms with Crippen molar-refractivity contribution in [2.45, 2.75) is 0 Å². The van der Waals surface area contributed by atoms with E-state index in [9.17, 15) is 0 Å². The van der Waals surface area contributed by atoms with Crippen LogP contribution < -0.4 is 22.1 Å². The predicted octanol–water partition coefficient (Wildman–Crippen LogP) is 5.94. The molecule has 0 aliphatic carbocycles. The lowest BCUT2D eigenvalue weighted by atomic mass is 9.88. The summed E-state index contributed by atoms with van der Waals surface area (Å²) in [6.45, 7) is 0. The third-order valence-corrected chi connectivity index (χ3v) is 5.29. The number of nitrogen functional groups attached to an aromatic ring is 2. The van der Waals surface area contributed by atoms with Gasteiger partial charge in [-0.3, -0.25) is 0 Å². The van der Waals surface area contributed by atoms with Crippen LogP contribution in [0.15, 0.2) is 84.9 Å². The highest BCUT2D eigenvalue weighted by atomic mass is 14.8. The zero-order valence-electron chi connectivity index (χ0n) is 17.2. The van der Waals surface area contributed by atoms with E-state index in [1.54, 1.807) is 0 Å². The van der Waals surface area contributed by atoms with E-state index in [-0.39, 0.29) is 0 Å². The summed E-state index contributed by atoms with van der Waals surface area (Å²) < 4.78 is 0. The Morgan fingerprint density at radius 3 is 1.77 bits per heavy atom. The predicted molar refractivity (Wildman–Crippen MR) is 131 cm³/mol. The summed E-state index contributed by atoms with van der Waals surface area (Å²) in [5.41, 5.74) is 22.4. The molecule has 4 nitrogen and oxygen atoms in total. The first-order valence-corrected chi connectivity index (χ1v) is 9.95. The number of nitrogens with one attached hydrogen (secondary N) is 2. The quantitative estimate of drug-likeness (QED) is 0.316. The summed E-state index contributed by atoms with van der Waals surface area (Å²) in [5, 5.41) is 6.67. The molecular weight excluding hydrogens is 368 g/mol. The molecule has 0 aromatic heterocycles. The van der Waals surface area contributed by atoms with Gasteiger partial charge in [-0.25, -0.2) is 0 Å². The molecule has 0 unspecified atom stereocenters. The minimum absolute atomic E-state index is 0.735. The summed E-state index contributed by atoms with van der Waals surface area (Å²) in [5.74, 6) is 0. The van der Waals surface area contributed by atoms with Crippen molar-refractivity contribution in [3.8, 4) is 33.4 Å². The first-order chi connectivity index (χ1) is 14.6. The fraction of sp³-hybridized carbons (Fsp3) is 0.0769. The third kappa shape index (κ3) is 3.67. The van der Waals surface area contributed by atoms with E-state index in [0.29, 0.717) is 0 Å². The third-order valence-electron chi connectivity index (χ3n) is 5.29. The Hall–Kier alpha value is -3.92. The fourth-order valence-corrected chi connectivity index (χ4v) is 3.89. The summed E-state index contributed by atoms with van der Waals surface area (Å²) >= 11 is 0. The van der Waals surface area contributed by atoms with Gasteiger partial charge in [0, 0.05) is 42.3 Å². The maximum atomic E-state index is 6.14. The molecule has 0 heterocycles. The van der Waals surface area contributed by atoms with E-state index in [1.165, 1.54) is 0 Å². The van der Waals surface area contributed by atoms with Gasteiger partial charge in [-0.1, -0.05) is 48.5 Å². The molecule has 0 bridgehead atoms. The van der Waals surface area contributed by atoms with Crippen LogP contribution >= 0.6 is 0 Å². The van der Waals surface area contributed by atoms with Gasteiger partial charge in [0.25, 0.3) is 0 Å². The first-order valence-electron chi connectivity index (χ1n) is 9.95. The van der Waals surface area contributed by atoms with Crippen molar-refractivity contribution in [2.75, 3.05) is 36.2 Å². The van der Waals surface area contributed by atoms with Gasteiger partial charge in [-0.15, -0.1) is 0 Å². The van der Waals surface area contributed by atoms with E-state index in [2.05, 4.69) is 59.2 Å². The van der Waals surface area contributed by atoms with Crippen molar-refractivity contribution in [3.63, 3.8) is 0 Å². The van der Waals surface area contributed by atoms with E-state index in [1.807, 2.05) is 50.5 Å². The van der Waals surface area contributed by atoms with Crippen LogP contribution in [0.5, 0.6) is 0 Å². The number of nitrogens with two attached hydrogens (primary N) is 2. The Balaban J connectivity index is 2.03. The van der Waals surface area contributed by atoms with E-state index in [4.69, 9.17) is 11.5 Å². The highest BCUT2D eigenvalue weighted by molar-refractivity contribution is 5.99. The summed E-state index contributed by atoms with van der Waals surface area (Å²) in [4.78, 5) is 0. The molecule has 150 valence electrons. The lowest BCUT2D eigenvalue weighted by Gasteiger charge is -2.20. The Morgan fingerprint density at radius 1 is 0.567 bits per heavy atom. The van der Waals surface area contributed by atoms with Crippen molar-refractivity contribution in [1.82, 2.24) is 0 Å². The van der Waals surface area contributed by atoms with Crippen LogP contribution in [0.1, 0.15) is 0 Å². The maximum Gasteiger partial charge on any atom is 0.0503 e. The Kier molecular flexibility index (Phi) is 5.31. The number of hydrogen-bond acceptors (Lipinski definition) is 4. The number of anilines is 4. The van der Waals surface area contributed by atoms with Crippen molar-refractivity contribution in [1.29, 1.82) is 0 Å². The molecule has 4 aromatic rings. The van der Waals surface area contributed by atoms with Gasteiger partial charge >= 0.3 is 0 Å². The Morgan fingerprint density at radius 2 is 1.13 bits per heavy atom. The Labute approximate surface area is 177 Å². The van der Waals surface area contributed by atoms with Crippen LogP contribution in [-0.4, -0.2) is 14.1 Å². The van der Waals surface area contributed by atoms with Crippen LogP contribution in [-0.2, 0) is 0 Å². The van der Waals surface area contributed by atoms with E-state index in [0.717, 1.165) is 56.1 Å². The van der Waals surface area contributed by atoms with Gasteiger partial charge < -0.3 is 22.1 Å². The van der Waals surface area contributed by atoms with Gasteiger partial charge in [-0.05, 0) is 58.7 Å². The topological polar surface area (TPSA) is 76.1 Å². The SMILES string of the molecule is CNc1cccc(-c2ccc(-c3cccc(N)c3)c(NC)c2-c2cccc(N)c2)c1. The van der Waals surface area contributed by atoms with Crippen LogP contribution in [0.4, 0.5) is 22.7 Å². The number of benzene rings is 4. The van der Waals surface area contributed by atoms with Gasteiger partial charge in [0.1, 0.15) is 0 Å². The van der Waals surface area contributed by atoms with Crippen LogP contribution in [0.3, 0.4) is 0 Å². The molecule has 4 heteroatoms. The fourth-order valence-electron chi connectivity index (χ4n) is 3.89. The lowest BCUT2D eigenvalue weighted by molar-refractivity contribution is 1.47. The molecule has 0 spiro atoms. The average molecular weight is 395 g/mol. The molecule has 0 radical (unpaired) electrons. The van der Waals surface area contributed by atoms with Gasteiger partial charge in [-0.2, -0.15) is 0 Å². The van der Waals surface area contributed by atoms with Crippen LogP contribution in [0.2, 0.25) is 0 Å². The monoisotopic (exact) mass is 394 g/mol. The van der Waals surface area contributed by atoms with Crippen molar-refractivity contribution >= 4 is 22.7 Å². The second-order valence-corrected chi connectivity index (χ2v) is 7.24. The molecule has 6 N–H and O–H groups in total. The molecule has 0 amide bonds. The molecular formula is C26H26N4. The van der Waals surface area contributed by atoms with E-state index < -0.39 is 0 Å². The zero-order valence-corrected chi connectivity index (χ0v) is 17.2. The molecule has 0 fully saturated rings. The van der Waals surface area contributed by atoms with Crippen molar-refractivity contribution < 1.29 is 0 Å². The number of hydrogen-bond donors (Lipinski definition) is 4. The normalized spacial score (nSPS) is 10.6. The molecule has 30 heavy (non-hydrogen) atoms. The maximum absolute atomic E-state index is 6.14. The largest absolute Gasteiger partial charge is 0.399 e. The summed E-state index contributed by atoms with van der Waals surface area (Å²) in [6.07, 6.45) is 0. The molecule has 0 aliphatic rings. The van der Waals surface area contributed by atoms with Crippen molar-refractivity contribution in [2.24, 2.45) is 0 Å². The molecule has 0 atom stereocenters. The Bertz CT molecular complexity index is 1200. The molecule has 4 rings (SSSR count). The highest BCUT2D eigenvalue weighted by Gasteiger charge is 2.17. The lowest BCUT2D eigenvalue weighted by Crippen LogP contribution is -1.99. The second-order valence-electron chi connectivity index (χ2n) is 7.24. The summed E-state index contributed by atoms with van der Waals surface area (Å²) in [6, 6.07) is 28.7. The first kappa shape index (κ1) is 19.4. The zero-order chi connectivity index (χ0) is 21.1. The molecule has 0 saturated heterocycles. The molecule has 0 aliphatic heterocycles. The molecule has 4 aromatic carbocycles. The van der Waals surface area contributed by atoms with Crippen LogP contribution in [0, 0.1) is 0 Å². The highest BCUT2D eigenvalue weighted by Crippen LogP contribution is 2.44. The standard InChI is InChI=1S/C26H26N4/c1-29-22-11-5-7-18(16-22)23-12-13-24(17-6-3-9-20(27)14-17)26(30-2)25(23)19-8-4-10-21(28)15-19/h3-16,29-30H,27-28H2,1-2H3. The van der Waals surface area contributed by atoms with Crippen LogP contribution in [0.25, 0.3) is 33.4 Å². The minimum atomic E-state index is 0.735. The molecule has 0 saturated carbocycles. The van der Waals surface area contributed by atoms with Gasteiger partial charge in [0.05, 0.1) is 5.69 Å². The van der Waals surface area contributed by atoms with Gasteiger partial charge in [0.15, 0.2) is 0 Å². The minimum Gasteiger partial charge on any atom is -0.399 e. The average Bonchev–Trinajstić information content (AvgIpc) is 2.78.